The van der Waals surface area contributed by atoms with Crippen molar-refractivity contribution >= 4 is 22.6 Å². The number of pyridine rings is 1. The van der Waals surface area contributed by atoms with E-state index in [2.05, 4.69) is 15.3 Å². The first-order chi connectivity index (χ1) is 11.5. The highest BCUT2D eigenvalue weighted by molar-refractivity contribution is 5.90. The van der Waals surface area contributed by atoms with Gasteiger partial charge in [-0.25, -0.2) is 4.98 Å². The fourth-order valence-corrected chi connectivity index (χ4v) is 2.36. The van der Waals surface area contributed by atoms with Crippen LogP contribution in [-0.4, -0.2) is 20.4 Å². The molecule has 122 valence electrons. The van der Waals surface area contributed by atoms with E-state index in [9.17, 15) is 14.4 Å². The third kappa shape index (κ3) is 3.40. The SMILES string of the molecule is Cn1cc(NC(=O)CCc2nc3ccccc3[nH]c2=O)ccc1=O. The van der Waals surface area contributed by atoms with Crippen LogP contribution in [-0.2, 0) is 18.3 Å². The molecular weight excluding hydrogens is 308 g/mol. The average Bonchev–Trinajstić information content (AvgIpc) is 2.56. The summed E-state index contributed by atoms with van der Waals surface area (Å²) < 4.78 is 1.38. The second kappa shape index (κ2) is 6.49. The number of fused-ring (bicyclic) bond motifs is 1. The smallest absolute Gasteiger partial charge is 0.270 e. The molecule has 0 unspecified atom stereocenters. The Hall–Kier alpha value is -3.22. The lowest BCUT2D eigenvalue weighted by atomic mass is 10.2. The van der Waals surface area contributed by atoms with E-state index in [1.54, 1.807) is 31.4 Å². The standard InChI is InChI=1S/C17H16N4O3/c1-21-10-11(6-9-16(21)23)18-15(22)8-7-14-17(24)20-13-5-3-2-4-12(13)19-14/h2-6,9-10H,7-8H2,1H3,(H,18,22)(H,20,24). The predicted octanol–water partition coefficient (Wildman–Crippen LogP) is 1.19. The zero-order valence-electron chi connectivity index (χ0n) is 13.1. The molecule has 0 atom stereocenters. The van der Waals surface area contributed by atoms with E-state index >= 15 is 0 Å². The largest absolute Gasteiger partial charge is 0.325 e. The van der Waals surface area contributed by atoms with E-state index < -0.39 is 0 Å². The Morgan fingerprint density at radius 1 is 1.21 bits per heavy atom. The molecule has 0 aliphatic carbocycles. The molecule has 7 nitrogen and oxygen atoms in total. The Labute approximate surface area is 137 Å². The van der Waals surface area contributed by atoms with Gasteiger partial charge in [-0.3, -0.25) is 14.4 Å². The highest BCUT2D eigenvalue weighted by Gasteiger charge is 2.09. The lowest BCUT2D eigenvalue weighted by Gasteiger charge is -2.06. The van der Waals surface area contributed by atoms with Gasteiger partial charge in [-0.05, 0) is 18.2 Å². The van der Waals surface area contributed by atoms with Gasteiger partial charge in [0.2, 0.25) is 11.5 Å². The molecule has 7 heteroatoms. The Morgan fingerprint density at radius 2 is 2.00 bits per heavy atom. The highest BCUT2D eigenvalue weighted by Crippen LogP contribution is 2.08. The van der Waals surface area contributed by atoms with E-state index in [0.29, 0.717) is 22.4 Å². The monoisotopic (exact) mass is 324 g/mol. The molecule has 2 N–H and O–H groups in total. The number of aromatic nitrogens is 3. The molecule has 0 aliphatic heterocycles. The summed E-state index contributed by atoms with van der Waals surface area (Å²) in [5, 5.41) is 2.70. The molecule has 3 rings (SSSR count). The van der Waals surface area contributed by atoms with Crippen molar-refractivity contribution in [2.45, 2.75) is 12.8 Å². The van der Waals surface area contributed by atoms with Crippen molar-refractivity contribution in [2.75, 3.05) is 5.32 Å². The number of nitrogens with one attached hydrogen (secondary N) is 2. The quantitative estimate of drug-likeness (QED) is 0.753. The van der Waals surface area contributed by atoms with Gasteiger partial charge in [0.25, 0.3) is 5.56 Å². The minimum absolute atomic E-state index is 0.122. The van der Waals surface area contributed by atoms with Crippen LogP contribution < -0.4 is 16.4 Å². The molecule has 1 aromatic carbocycles. The van der Waals surface area contributed by atoms with Crippen LogP contribution >= 0.6 is 0 Å². The Kier molecular flexibility index (Phi) is 4.24. The van der Waals surface area contributed by atoms with E-state index in [1.165, 1.54) is 10.6 Å². The van der Waals surface area contributed by atoms with E-state index in [1.807, 2.05) is 12.1 Å². The maximum atomic E-state index is 12.0. The van der Waals surface area contributed by atoms with Crippen molar-refractivity contribution in [3.8, 4) is 0 Å². The maximum absolute atomic E-state index is 12.0. The van der Waals surface area contributed by atoms with E-state index in [-0.39, 0.29) is 29.9 Å². The molecule has 2 heterocycles. The van der Waals surface area contributed by atoms with Crippen LogP contribution in [0.2, 0.25) is 0 Å². The zero-order valence-corrected chi connectivity index (χ0v) is 13.1. The lowest BCUT2D eigenvalue weighted by Crippen LogP contribution is -2.20. The van der Waals surface area contributed by atoms with E-state index in [4.69, 9.17) is 0 Å². The normalized spacial score (nSPS) is 10.7. The van der Waals surface area contributed by atoms with Crippen LogP contribution in [0.1, 0.15) is 12.1 Å². The van der Waals surface area contributed by atoms with Gasteiger partial charge >= 0.3 is 0 Å². The Bertz CT molecular complexity index is 1020. The van der Waals surface area contributed by atoms with Gasteiger partial charge in [-0.15, -0.1) is 0 Å². The first kappa shape index (κ1) is 15.7. The zero-order chi connectivity index (χ0) is 17.1. The molecule has 0 radical (unpaired) electrons. The van der Waals surface area contributed by atoms with Crippen LogP contribution in [0, 0.1) is 0 Å². The number of aryl methyl sites for hydroxylation is 2. The number of hydrogen-bond donors (Lipinski definition) is 2. The number of rotatable bonds is 4. The van der Waals surface area contributed by atoms with Gasteiger partial charge in [0, 0.05) is 32.2 Å². The molecule has 3 aromatic rings. The first-order valence-corrected chi connectivity index (χ1v) is 7.47. The molecule has 0 fully saturated rings. The van der Waals surface area contributed by atoms with E-state index in [0.717, 1.165) is 0 Å². The second-order valence-corrected chi connectivity index (χ2v) is 5.44. The number of para-hydroxylation sites is 2. The van der Waals surface area contributed by atoms with Gasteiger partial charge in [-0.2, -0.15) is 0 Å². The number of amides is 1. The third-order valence-electron chi connectivity index (χ3n) is 3.63. The minimum atomic E-state index is -0.288. The number of carbonyl (C=O) groups excluding carboxylic acids is 1. The lowest BCUT2D eigenvalue weighted by molar-refractivity contribution is -0.116. The summed E-state index contributed by atoms with van der Waals surface area (Å²) in [7, 11) is 1.61. The maximum Gasteiger partial charge on any atom is 0.270 e. The number of aromatic amines is 1. The fourth-order valence-electron chi connectivity index (χ4n) is 2.36. The number of H-pyrrole nitrogens is 1. The van der Waals surface area contributed by atoms with Crippen molar-refractivity contribution in [3.63, 3.8) is 0 Å². The van der Waals surface area contributed by atoms with Gasteiger partial charge in [0.1, 0.15) is 5.69 Å². The van der Waals surface area contributed by atoms with Crippen LogP contribution in [0.25, 0.3) is 11.0 Å². The summed E-state index contributed by atoms with van der Waals surface area (Å²) in [5.41, 5.74) is 1.77. The topological polar surface area (TPSA) is 96.8 Å². The second-order valence-electron chi connectivity index (χ2n) is 5.44. The minimum Gasteiger partial charge on any atom is -0.325 e. The molecule has 2 aromatic heterocycles. The first-order valence-electron chi connectivity index (χ1n) is 7.47. The van der Waals surface area contributed by atoms with Crippen molar-refractivity contribution in [2.24, 2.45) is 7.05 Å². The molecule has 0 spiro atoms. The number of carbonyl (C=O) groups is 1. The number of hydrogen-bond acceptors (Lipinski definition) is 4. The molecule has 0 aliphatic rings. The third-order valence-corrected chi connectivity index (χ3v) is 3.63. The van der Waals surface area contributed by atoms with Crippen molar-refractivity contribution in [1.82, 2.24) is 14.5 Å². The average molecular weight is 324 g/mol. The predicted molar refractivity (Wildman–Crippen MR) is 91.0 cm³/mol. The molecular formula is C17H16N4O3. The van der Waals surface area contributed by atoms with Gasteiger partial charge < -0.3 is 14.9 Å². The number of benzene rings is 1. The Morgan fingerprint density at radius 3 is 2.79 bits per heavy atom. The van der Waals surface area contributed by atoms with Crippen molar-refractivity contribution in [1.29, 1.82) is 0 Å². The molecule has 1 amide bonds. The molecule has 0 saturated heterocycles. The summed E-state index contributed by atoms with van der Waals surface area (Å²) in [6.45, 7) is 0. The molecule has 0 bridgehead atoms. The number of nitrogens with zero attached hydrogens (tertiary/aromatic N) is 2. The summed E-state index contributed by atoms with van der Waals surface area (Å²) in [4.78, 5) is 42.4. The number of anilines is 1. The highest BCUT2D eigenvalue weighted by atomic mass is 16.2. The van der Waals surface area contributed by atoms with Crippen LogP contribution in [0.3, 0.4) is 0 Å². The summed E-state index contributed by atoms with van der Waals surface area (Å²) in [6.07, 6.45) is 1.90. The van der Waals surface area contributed by atoms with Crippen LogP contribution in [0.5, 0.6) is 0 Å². The summed E-state index contributed by atoms with van der Waals surface area (Å²) >= 11 is 0. The molecule has 24 heavy (non-hydrogen) atoms. The van der Waals surface area contributed by atoms with Crippen molar-refractivity contribution in [3.05, 3.63) is 69.0 Å². The summed E-state index contributed by atoms with van der Waals surface area (Å²) in [5.74, 6) is -0.247. The van der Waals surface area contributed by atoms with Crippen molar-refractivity contribution < 1.29 is 4.79 Å². The summed E-state index contributed by atoms with van der Waals surface area (Å²) in [6, 6.07) is 10.2. The van der Waals surface area contributed by atoms with Gasteiger partial charge in [0.15, 0.2) is 0 Å². The van der Waals surface area contributed by atoms with Crippen LogP contribution in [0.4, 0.5) is 5.69 Å². The molecule has 0 saturated carbocycles. The fraction of sp³-hybridized carbons (Fsp3) is 0.176. The Balaban J connectivity index is 1.70. The van der Waals surface area contributed by atoms with Gasteiger partial charge in [0.05, 0.1) is 16.7 Å². The van der Waals surface area contributed by atoms with Crippen LogP contribution in [0.15, 0.2) is 52.2 Å². The van der Waals surface area contributed by atoms with Gasteiger partial charge in [-0.1, -0.05) is 12.1 Å².